The maximum absolute atomic E-state index is 11.6. The average Bonchev–Trinajstić information content (AvgIpc) is 3.43. The number of carboxylic acids is 1. The molecule has 0 saturated carbocycles. The molecule has 0 aliphatic rings. The number of aromatic amines is 1. The third-order valence-corrected chi connectivity index (χ3v) is 5.91. The zero-order chi connectivity index (χ0) is 20.9. The summed E-state index contributed by atoms with van der Waals surface area (Å²) in [5.41, 5.74) is 5.74. The first kappa shape index (κ1) is 19.9. The van der Waals surface area contributed by atoms with Crippen molar-refractivity contribution in [2.24, 2.45) is 0 Å². The average molecular weight is 420 g/mol. The van der Waals surface area contributed by atoms with Crippen molar-refractivity contribution in [3.8, 4) is 22.5 Å². The fourth-order valence-electron chi connectivity index (χ4n) is 3.45. The van der Waals surface area contributed by atoms with Crippen LogP contribution in [0.4, 0.5) is 0 Å². The molecule has 30 heavy (non-hydrogen) atoms. The maximum Gasteiger partial charge on any atom is 0.347 e. The molecule has 8 heteroatoms. The maximum atomic E-state index is 11.6. The summed E-state index contributed by atoms with van der Waals surface area (Å²) >= 11 is 1.08. The molecular formula is C22H21N5O2S. The molecule has 0 radical (unpaired) electrons. The number of nitrogens with zero attached hydrogens (tertiary/aromatic N) is 4. The van der Waals surface area contributed by atoms with Crippen LogP contribution in [0.1, 0.15) is 46.3 Å². The predicted molar refractivity (Wildman–Crippen MR) is 116 cm³/mol. The number of H-pyrrole nitrogens is 1. The largest absolute Gasteiger partial charge is 0.477 e. The van der Waals surface area contributed by atoms with Gasteiger partial charge in [-0.15, -0.1) is 10.2 Å². The van der Waals surface area contributed by atoms with Crippen LogP contribution in [-0.2, 0) is 12.8 Å². The van der Waals surface area contributed by atoms with E-state index in [1.54, 1.807) is 0 Å². The Morgan fingerprint density at radius 1 is 1.10 bits per heavy atom. The Bertz CT molecular complexity index is 1140. The van der Waals surface area contributed by atoms with E-state index >= 15 is 0 Å². The first-order chi connectivity index (χ1) is 14.7. The van der Waals surface area contributed by atoms with E-state index in [1.165, 1.54) is 0 Å². The Kier molecular flexibility index (Phi) is 5.94. The van der Waals surface area contributed by atoms with Crippen LogP contribution in [0.15, 0.2) is 48.5 Å². The molecule has 0 atom stereocenters. The lowest BCUT2D eigenvalue weighted by Crippen LogP contribution is -2.02. The van der Waals surface area contributed by atoms with Crippen LogP contribution >= 0.6 is 11.5 Å². The minimum atomic E-state index is -0.907. The molecule has 0 spiro atoms. The van der Waals surface area contributed by atoms with Gasteiger partial charge in [-0.3, -0.25) is 0 Å². The Labute approximate surface area is 178 Å². The molecule has 0 saturated heterocycles. The van der Waals surface area contributed by atoms with Gasteiger partial charge in [0.2, 0.25) is 5.82 Å². The van der Waals surface area contributed by atoms with Crippen LogP contribution in [-0.4, -0.2) is 36.1 Å². The highest BCUT2D eigenvalue weighted by atomic mass is 32.1. The van der Waals surface area contributed by atoms with Gasteiger partial charge in [0, 0.05) is 17.5 Å². The SMILES string of the molecule is CCCCc1nsc(C(=O)O)c1Cc1ccc(-c2ccccc2-c2nn[nH]n2)cc1. The van der Waals surface area contributed by atoms with E-state index in [2.05, 4.69) is 31.9 Å². The molecule has 0 fully saturated rings. The van der Waals surface area contributed by atoms with Crippen LogP contribution in [0.5, 0.6) is 0 Å². The lowest BCUT2D eigenvalue weighted by Gasteiger charge is -2.09. The third kappa shape index (κ3) is 4.13. The van der Waals surface area contributed by atoms with Crippen molar-refractivity contribution < 1.29 is 9.90 Å². The summed E-state index contributed by atoms with van der Waals surface area (Å²) in [4.78, 5) is 12.0. The van der Waals surface area contributed by atoms with E-state index < -0.39 is 5.97 Å². The predicted octanol–water partition coefficient (Wildman–Crippen LogP) is 4.62. The number of hydrogen-bond donors (Lipinski definition) is 2. The summed E-state index contributed by atoms with van der Waals surface area (Å²) in [6, 6.07) is 16.1. The van der Waals surface area contributed by atoms with Gasteiger partial charge in [-0.25, -0.2) is 4.79 Å². The topological polar surface area (TPSA) is 105 Å². The van der Waals surface area contributed by atoms with Crippen molar-refractivity contribution in [3.63, 3.8) is 0 Å². The van der Waals surface area contributed by atoms with Crippen molar-refractivity contribution in [1.29, 1.82) is 0 Å². The molecule has 0 amide bonds. The number of aromatic carboxylic acids is 1. The van der Waals surface area contributed by atoms with Gasteiger partial charge in [0.05, 0.1) is 5.69 Å². The molecule has 0 bridgehead atoms. The second-order valence-corrected chi connectivity index (χ2v) is 7.77. The number of aromatic nitrogens is 5. The minimum Gasteiger partial charge on any atom is -0.477 e. The first-order valence-electron chi connectivity index (χ1n) is 9.80. The Morgan fingerprint density at radius 2 is 1.87 bits per heavy atom. The van der Waals surface area contributed by atoms with Crippen molar-refractivity contribution in [2.75, 3.05) is 0 Å². The molecule has 152 valence electrons. The summed E-state index contributed by atoms with van der Waals surface area (Å²) in [7, 11) is 0. The number of unbranched alkanes of at least 4 members (excludes halogenated alkanes) is 1. The molecule has 2 aromatic carbocycles. The summed E-state index contributed by atoms with van der Waals surface area (Å²) < 4.78 is 4.41. The molecule has 2 N–H and O–H groups in total. The quantitative estimate of drug-likeness (QED) is 0.432. The summed E-state index contributed by atoms with van der Waals surface area (Å²) in [5, 5.41) is 23.9. The molecule has 2 aromatic heterocycles. The van der Waals surface area contributed by atoms with Gasteiger partial charge < -0.3 is 5.11 Å². The number of aryl methyl sites for hydroxylation is 1. The third-order valence-electron chi connectivity index (χ3n) is 4.99. The van der Waals surface area contributed by atoms with Gasteiger partial charge in [0.15, 0.2) is 0 Å². The van der Waals surface area contributed by atoms with Crippen LogP contribution < -0.4 is 0 Å². The zero-order valence-corrected chi connectivity index (χ0v) is 17.3. The van der Waals surface area contributed by atoms with Crippen molar-refractivity contribution in [2.45, 2.75) is 32.6 Å². The summed E-state index contributed by atoms with van der Waals surface area (Å²) in [6.07, 6.45) is 3.42. The molecule has 4 rings (SSSR count). The summed E-state index contributed by atoms with van der Waals surface area (Å²) in [5.74, 6) is -0.360. The molecular weight excluding hydrogens is 398 g/mol. The van der Waals surface area contributed by atoms with Gasteiger partial charge in [-0.1, -0.05) is 61.9 Å². The number of benzene rings is 2. The zero-order valence-electron chi connectivity index (χ0n) is 16.5. The number of hydrogen-bond acceptors (Lipinski definition) is 6. The number of rotatable bonds is 8. The standard InChI is InChI=1S/C22H21N5O2S/c1-2-3-8-19-18(20(22(28)29)30-25-19)13-14-9-11-15(12-10-14)16-6-4-5-7-17(16)21-23-26-27-24-21/h4-7,9-12H,2-3,8,13H2,1H3,(H,28,29)(H,23,24,26,27). The van der Waals surface area contributed by atoms with E-state index in [9.17, 15) is 9.90 Å². The second-order valence-electron chi connectivity index (χ2n) is 7.00. The van der Waals surface area contributed by atoms with E-state index in [0.717, 1.165) is 64.3 Å². The monoisotopic (exact) mass is 419 g/mol. The van der Waals surface area contributed by atoms with Crippen LogP contribution in [0.25, 0.3) is 22.5 Å². The number of tetrazole rings is 1. The Morgan fingerprint density at radius 3 is 2.53 bits per heavy atom. The van der Waals surface area contributed by atoms with Crippen molar-refractivity contribution in [1.82, 2.24) is 25.0 Å². The van der Waals surface area contributed by atoms with Gasteiger partial charge in [-0.05, 0) is 46.3 Å². The van der Waals surface area contributed by atoms with Gasteiger partial charge in [0.1, 0.15) is 4.88 Å². The number of carboxylic acid groups (broad SMARTS) is 1. The molecule has 4 aromatic rings. The molecule has 2 heterocycles. The smallest absolute Gasteiger partial charge is 0.347 e. The van der Waals surface area contributed by atoms with Crippen LogP contribution in [0, 0.1) is 0 Å². The van der Waals surface area contributed by atoms with E-state index in [1.807, 2.05) is 48.5 Å². The van der Waals surface area contributed by atoms with Crippen molar-refractivity contribution >= 4 is 17.5 Å². The Balaban J connectivity index is 1.62. The fourth-order valence-corrected chi connectivity index (χ4v) is 4.23. The van der Waals surface area contributed by atoms with Crippen LogP contribution in [0.3, 0.4) is 0 Å². The van der Waals surface area contributed by atoms with Crippen molar-refractivity contribution in [3.05, 3.63) is 70.2 Å². The summed E-state index contributed by atoms with van der Waals surface area (Å²) in [6.45, 7) is 2.12. The first-order valence-corrected chi connectivity index (χ1v) is 10.6. The van der Waals surface area contributed by atoms with E-state index in [-0.39, 0.29) is 0 Å². The lowest BCUT2D eigenvalue weighted by atomic mass is 9.96. The lowest BCUT2D eigenvalue weighted by molar-refractivity contribution is 0.0701. The highest BCUT2D eigenvalue weighted by molar-refractivity contribution is 7.08. The van der Waals surface area contributed by atoms with Crippen LogP contribution in [0.2, 0.25) is 0 Å². The molecule has 0 aliphatic carbocycles. The van der Waals surface area contributed by atoms with Gasteiger partial charge >= 0.3 is 5.97 Å². The molecule has 0 unspecified atom stereocenters. The highest BCUT2D eigenvalue weighted by Crippen LogP contribution is 2.30. The molecule has 0 aliphatic heterocycles. The van der Waals surface area contributed by atoms with E-state index in [0.29, 0.717) is 17.1 Å². The minimum absolute atomic E-state index is 0.340. The van der Waals surface area contributed by atoms with E-state index in [4.69, 9.17) is 0 Å². The van der Waals surface area contributed by atoms with Gasteiger partial charge in [0.25, 0.3) is 0 Å². The highest BCUT2D eigenvalue weighted by Gasteiger charge is 2.19. The van der Waals surface area contributed by atoms with Gasteiger partial charge in [-0.2, -0.15) is 9.59 Å². The number of nitrogens with one attached hydrogen (secondary N) is 1. The number of carbonyl (C=O) groups is 1. The second kappa shape index (κ2) is 8.96. The molecule has 7 nitrogen and oxygen atoms in total. The fraction of sp³-hybridized carbons (Fsp3) is 0.227. The normalized spacial score (nSPS) is 11.0. The Hall–Kier alpha value is -3.39.